The summed E-state index contributed by atoms with van der Waals surface area (Å²) in [7, 11) is -3.79. The third-order valence-electron chi connectivity index (χ3n) is 2.07. The van der Waals surface area contributed by atoms with Gasteiger partial charge in [0.15, 0.2) is 0 Å². The van der Waals surface area contributed by atoms with Crippen molar-refractivity contribution >= 4 is 10.0 Å². The Balaban J connectivity index is 3.02. The van der Waals surface area contributed by atoms with Gasteiger partial charge in [-0.15, -0.1) is 6.58 Å². The van der Waals surface area contributed by atoms with Gasteiger partial charge in [-0.3, -0.25) is 0 Å². The first kappa shape index (κ1) is 13.9. The second-order valence-corrected chi connectivity index (χ2v) is 5.12. The summed E-state index contributed by atoms with van der Waals surface area (Å²) in [6, 6.07) is 2.66. The Hall–Kier alpha value is -1.15. The van der Waals surface area contributed by atoms with Crippen molar-refractivity contribution in [2.45, 2.75) is 11.7 Å². The average molecular weight is 261 g/mol. The highest BCUT2D eigenvalue weighted by Gasteiger charge is 2.26. The Morgan fingerprint density at radius 2 is 2.12 bits per heavy atom. The SMILES string of the molecule is C=CCN(CCO)S(=O)(=O)c1ccc(CO)o1. The fraction of sp³-hybridized carbons (Fsp3) is 0.400. The number of nitrogens with zero attached hydrogens (tertiary/aromatic N) is 1. The third-order valence-corrected chi connectivity index (χ3v) is 3.81. The molecule has 0 saturated carbocycles. The molecule has 96 valence electrons. The van der Waals surface area contributed by atoms with Gasteiger partial charge in [0.05, 0.1) is 6.61 Å². The van der Waals surface area contributed by atoms with Crippen molar-refractivity contribution in [3.05, 3.63) is 30.5 Å². The van der Waals surface area contributed by atoms with Gasteiger partial charge in [0, 0.05) is 13.1 Å². The number of aliphatic hydroxyl groups is 2. The molecule has 1 heterocycles. The summed E-state index contributed by atoms with van der Waals surface area (Å²) in [5, 5.41) is 17.4. The molecule has 0 aliphatic heterocycles. The van der Waals surface area contributed by atoms with Crippen LogP contribution in [0.2, 0.25) is 0 Å². The maximum absolute atomic E-state index is 12.0. The van der Waals surface area contributed by atoms with Crippen molar-refractivity contribution < 1.29 is 23.0 Å². The molecule has 7 heteroatoms. The summed E-state index contributed by atoms with van der Waals surface area (Å²) in [6.45, 7) is 2.84. The number of furan rings is 1. The number of hydrogen-bond acceptors (Lipinski definition) is 5. The van der Waals surface area contributed by atoms with Gasteiger partial charge in [-0.25, -0.2) is 8.42 Å². The zero-order valence-corrected chi connectivity index (χ0v) is 10.1. The van der Waals surface area contributed by atoms with Crippen LogP contribution in [-0.2, 0) is 16.6 Å². The van der Waals surface area contributed by atoms with Gasteiger partial charge >= 0.3 is 0 Å². The summed E-state index contributed by atoms with van der Waals surface area (Å²) in [5.41, 5.74) is 0. The average Bonchev–Trinajstić information content (AvgIpc) is 2.78. The minimum absolute atomic E-state index is 0.0382. The molecule has 0 fully saturated rings. The second kappa shape index (κ2) is 5.97. The first-order valence-corrected chi connectivity index (χ1v) is 6.41. The zero-order chi connectivity index (χ0) is 12.9. The van der Waals surface area contributed by atoms with Gasteiger partial charge in [0.2, 0.25) is 5.09 Å². The number of aliphatic hydroxyl groups excluding tert-OH is 2. The molecule has 0 aromatic carbocycles. The van der Waals surface area contributed by atoms with E-state index < -0.39 is 10.0 Å². The van der Waals surface area contributed by atoms with Crippen LogP contribution in [0.5, 0.6) is 0 Å². The number of hydrogen-bond donors (Lipinski definition) is 2. The van der Waals surface area contributed by atoms with Crippen LogP contribution >= 0.6 is 0 Å². The van der Waals surface area contributed by atoms with E-state index in [0.717, 1.165) is 4.31 Å². The van der Waals surface area contributed by atoms with E-state index in [1.807, 2.05) is 0 Å². The molecule has 0 saturated heterocycles. The van der Waals surface area contributed by atoms with E-state index in [2.05, 4.69) is 6.58 Å². The zero-order valence-electron chi connectivity index (χ0n) is 9.24. The molecule has 0 aliphatic carbocycles. The number of rotatable bonds is 7. The van der Waals surface area contributed by atoms with Crippen molar-refractivity contribution in [1.82, 2.24) is 4.31 Å². The van der Waals surface area contributed by atoms with Gasteiger partial charge in [0.25, 0.3) is 10.0 Å². The van der Waals surface area contributed by atoms with Gasteiger partial charge in [-0.05, 0) is 12.1 Å². The highest BCUT2D eigenvalue weighted by atomic mass is 32.2. The Bertz CT molecular complexity index is 465. The predicted octanol–water partition coefficient (Wildman–Crippen LogP) is -0.0591. The van der Waals surface area contributed by atoms with Crippen LogP contribution in [0.1, 0.15) is 5.76 Å². The van der Waals surface area contributed by atoms with E-state index in [1.165, 1.54) is 18.2 Å². The first-order chi connectivity index (χ1) is 8.06. The molecule has 0 bridgehead atoms. The standard InChI is InChI=1S/C10H15NO5S/c1-2-5-11(6-7-12)17(14,15)10-4-3-9(8-13)16-10/h2-4,12-13H,1,5-8H2. The molecule has 6 nitrogen and oxygen atoms in total. The lowest BCUT2D eigenvalue weighted by molar-refractivity contribution is 0.232. The minimum atomic E-state index is -3.79. The second-order valence-electron chi connectivity index (χ2n) is 3.25. The van der Waals surface area contributed by atoms with E-state index in [9.17, 15) is 8.42 Å². The molecule has 0 radical (unpaired) electrons. The van der Waals surface area contributed by atoms with Crippen LogP contribution in [0, 0.1) is 0 Å². The van der Waals surface area contributed by atoms with Crippen molar-refractivity contribution in [1.29, 1.82) is 0 Å². The van der Waals surface area contributed by atoms with E-state index in [0.29, 0.717) is 0 Å². The molecule has 17 heavy (non-hydrogen) atoms. The largest absolute Gasteiger partial charge is 0.446 e. The fourth-order valence-electron chi connectivity index (χ4n) is 1.27. The lowest BCUT2D eigenvalue weighted by Gasteiger charge is -2.17. The number of sulfonamides is 1. The van der Waals surface area contributed by atoms with E-state index in [1.54, 1.807) is 0 Å². The summed E-state index contributed by atoms with van der Waals surface area (Å²) in [6.07, 6.45) is 1.42. The topological polar surface area (TPSA) is 91.0 Å². The van der Waals surface area contributed by atoms with Gasteiger partial charge < -0.3 is 14.6 Å². The molecule has 0 unspecified atom stereocenters. The lowest BCUT2D eigenvalue weighted by Crippen LogP contribution is -2.33. The molecule has 0 atom stereocenters. The summed E-state index contributed by atoms with van der Waals surface area (Å²) >= 11 is 0. The van der Waals surface area contributed by atoms with Crippen LogP contribution < -0.4 is 0 Å². The fourth-order valence-corrected chi connectivity index (χ4v) is 2.60. The highest BCUT2D eigenvalue weighted by molar-refractivity contribution is 7.89. The van der Waals surface area contributed by atoms with Crippen LogP contribution in [0.25, 0.3) is 0 Å². The molecule has 1 aromatic rings. The maximum atomic E-state index is 12.0. The molecule has 2 N–H and O–H groups in total. The molecular formula is C10H15NO5S. The van der Waals surface area contributed by atoms with Crippen molar-refractivity contribution in [2.75, 3.05) is 19.7 Å². The molecule has 0 amide bonds. The summed E-state index contributed by atoms with van der Waals surface area (Å²) in [4.78, 5) is 0. The Morgan fingerprint density at radius 1 is 1.41 bits per heavy atom. The third kappa shape index (κ3) is 3.16. The monoisotopic (exact) mass is 261 g/mol. The normalized spacial score (nSPS) is 11.9. The molecule has 0 aliphatic rings. The summed E-state index contributed by atoms with van der Waals surface area (Å²) < 4.78 is 30.1. The van der Waals surface area contributed by atoms with Crippen molar-refractivity contribution in [3.8, 4) is 0 Å². The Morgan fingerprint density at radius 3 is 2.59 bits per heavy atom. The van der Waals surface area contributed by atoms with Crippen LogP contribution in [0.4, 0.5) is 0 Å². The van der Waals surface area contributed by atoms with Crippen LogP contribution in [0.15, 0.2) is 34.3 Å². The van der Waals surface area contributed by atoms with Gasteiger partial charge in [0.1, 0.15) is 12.4 Å². The molecule has 1 rings (SSSR count). The Kier molecular flexibility index (Phi) is 4.88. The molecule has 0 spiro atoms. The summed E-state index contributed by atoms with van der Waals surface area (Å²) in [5.74, 6) is 0.172. The predicted molar refractivity (Wildman–Crippen MR) is 60.7 cm³/mol. The maximum Gasteiger partial charge on any atom is 0.276 e. The van der Waals surface area contributed by atoms with Crippen LogP contribution in [0.3, 0.4) is 0 Å². The highest BCUT2D eigenvalue weighted by Crippen LogP contribution is 2.18. The van der Waals surface area contributed by atoms with E-state index >= 15 is 0 Å². The molecule has 1 aromatic heterocycles. The minimum Gasteiger partial charge on any atom is -0.446 e. The van der Waals surface area contributed by atoms with Gasteiger partial charge in [-0.2, -0.15) is 4.31 Å². The Labute approximate surface area is 99.8 Å². The molecular weight excluding hydrogens is 246 g/mol. The van der Waals surface area contributed by atoms with E-state index in [-0.39, 0.29) is 37.2 Å². The lowest BCUT2D eigenvalue weighted by atomic mass is 10.5. The van der Waals surface area contributed by atoms with Gasteiger partial charge in [-0.1, -0.05) is 6.08 Å². The smallest absolute Gasteiger partial charge is 0.276 e. The quantitative estimate of drug-likeness (QED) is 0.671. The van der Waals surface area contributed by atoms with E-state index in [4.69, 9.17) is 14.6 Å². The van der Waals surface area contributed by atoms with Crippen LogP contribution in [-0.4, -0.2) is 42.6 Å². The van der Waals surface area contributed by atoms with Crippen molar-refractivity contribution in [3.63, 3.8) is 0 Å². The van der Waals surface area contributed by atoms with Crippen molar-refractivity contribution in [2.24, 2.45) is 0 Å². The first-order valence-electron chi connectivity index (χ1n) is 4.97.